The zero-order valence-electron chi connectivity index (χ0n) is 25.6. The molecule has 5 heteroatoms. The van der Waals surface area contributed by atoms with E-state index in [1.54, 1.807) is 48.5 Å². The second-order valence-corrected chi connectivity index (χ2v) is 11.2. The zero-order chi connectivity index (χ0) is 30.4. The molecule has 0 heterocycles. The minimum atomic E-state index is -0.436. The summed E-state index contributed by atoms with van der Waals surface area (Å²) < 4.78 is 17.0. The van der Waals surface area contributed by atoms with E-state index in [0.717, 1.165) is 12.0 Å². The number of aryl methyl sites for hydroxylation is 2. The van der Waals surface area contributed by atoms with Gasteiger partial charge in [-0.1, -0.05) is 58.0 Å². The van der Waals surface area contributed by atoms with Crippen molar-refractivity contribution in [3.05, 3.63) is 124 Å². The van der Waals surface area contributed by atoms with Crippen LogP contribution in [0.15, 0.2) is 84.9 Å². The van der Waals surface area contributed by atoms with Crippen LogP contribution >= 0.6 is 0 Å². The highest BCUT2D eigenvalue weighted by Gasteiger charge is 2.16. The summed E-state index contributed by atoms with van der Waals surface area (Å²) in [6.45, 7) is 14.6. The Morgan fingerprint density at radius 2 is 1.19 bits per heavy atom. The number of carbonyl (C=O) groups excluding carboxylic acids is 2. The molecule has 5 nitrogen and oxygen atoms in total. The van der Waals surface area contributed by atoms with Crippen LogP contribution in [0.2, 0.25) is 0 Å². The van der Waals surface area contributed by atoms with Crippen LogP contribution in [-0.2, 0) is 4.74 Å². The van der Waals surface area contributed by atoms with Gasteiger partial charge in [-0.05, 0) is 116 Å². The van der Waals surface area contributed by atoms with E-state index < -0.39 is 5.97 Å². The lowest BCUT2D eigenvalue weighted by atomic mass is 9.88. The fourth-order valence-electron chi connectivity index (χ4n) is 4.81. The van der Waals surface area contributed by atoms with Crippen molar-refractivity contribution in [3.63, 3.8) is 0 Å². The van der Waals surface area contributed by atoms with Crippen LogP contribution < -0.4 is 9.47 Å². The lowest BCUT2D eigenvalue weighted by Gasteiger charge is -2.18. The number of ether oxygens (including phenoxy) is 3. The molecule has 2 unspecified atom stereocenters. The molecule has 0 saturated heterocycles. The molecule has 0 radical (unpaired) electrons. The van der Waals surface area contributed by atoms with E-state index in [0.29, 0.717) is 34.3 Å². The highest BCUT2D eigenvalue weighted by Crippen LogP contribution is 2.31. The van der Waals surface area contributed by atoms with Crippen LogP contribution in [0.5, 0.6) is 17.2 Å². The quantitative estimate of drug-likeness (QED) is 0.142. The summed E-state index contributed by atoms with van der Waals surface area (Å²) in [5.41, 5.74) is 6.91. The number of benzene rings is 4. The van der Waals surface area contributed by atoms with Crippen LogP contribution in [0, 0.1) is 13.8 Å². The first-order chi connectivity index (χ1) is 20.0. The maximum absolute atomic E-state index is 12.9. The summed E-state index contributed by atoms with van der Waals surface area (Å²) in [5, 5.41) is 0. The standard InChI is InChI=1S/C37H40O5/c1-8-26(6)40-36(38)28-9-15-32(16-10-28)41-33-17-11-29(12-18-33)37(39)42-35-20-14-31(22-25(35)5)27(7)30-13-19-34(23(2)3)24(4)21-30/h9-23,26-27H,8H2,1-7H3. The van der Waals surface area contributed by atoms with Gasteiger partial charge in [-0.2, -0.15) is 0 Å². The van der Waals surface area contributed by atoms with E-state index in [1.807, 2.05) is 32.9 Å². The molecule has 0 saturated carbocycles. The maximum atomic E-state index is 12.9. The van der Waals surface area contributed by atoms with Crippen LogP contribution in [0.4, 0.5) is 0 Å². The molecular formula is C37H40O5. The van der Waals surface area contributed by atoms with Gasteiger partial charge in [0.1, 0.15) is 17.2 Å². The maximum Gasteiger partial charge on any atom is 0.343 e. The van der Waals surface area contributed by atoms with Gasteiger partial charge < -0.3 is 14.2 Å². The third-order valence-corrected chi connectivity index (χ3v) is 7.62. The summed E-state index contributed by atoms with van der Waals surface area (Å²) in [6.07, 6.45) is 0.628. The topological polar surface area (TPSA) is 61.8 Å². The van der Waals surface area contributed by atoms with Crippen LogP contribution in [-0.4, -0.2) is 18.0 Å². The van der Waals surface area contributed by atoms with Crippen molar-refractivity contribution in [1.29, 1.82) is 0 Å². The van der Waals surface area contributed by atoms with E-state index in [1.165, 1.54) is 22.3 Å². The van der Waals surface area contributed by atoms with E-state index in [2.05, 4.69) is 52.0 Å². The van der Waals surface area contributed by atoms with Gasteiger partial charge in [0, 0.05) is 5.92 Å². The van der Waals surface area contributed by atoms with Crippen LogP contribution in [0.3, 0.4) is 0 Å². The monoisotopic (exact) mass is 564 g/mol. The second-order valence-electron chi connectivity index (χ2n) is 11.2. The Balaban J connectivity index is 1.37. The summed E-state index contributed by atoms with van der Waals surface area (Å²) in [5.74, 6) is 1.60. The Morgan fingerprint density at radius 1 is 0.667 bits per heavy atom. The fraction of sp³-hybridized carbons (Fsp3) is 0.297. The summed E-state index contributed by atoms with van der Waals surface area (Å²) >= 11 is 0. The fourth-order valence-corrected chi connectivity index (χ4v) is 4.81. The van der Waals surface area contributed by atoms with Gasteiger partial charge in [0.05, 0.1) is 17.2 Å². The highest BCUT2D eigenvalue weighted by molar-refractivity contribution is 5.91. The molecule has 0 aromatic heterocycles. The number of esters is 2. The van der Waals surface area contributed by atoms with Crippen LogP contribution in [0.1, 0.15) is 101 Å². The SMILES string of the molecule is CCC(C)OC(=O)c1ccc(Oc2ccc(C(=O)Oc3ccc(C(C)c4ccc(C(C)C)c(C)c4)cc3C)cc2)cc1. The lowest BCUT2D eigenvalue weighted by molar-refractivity contribution is 0.0334. The van der Waals surface area contributed by atoms with E-state index in [9.17, 15) is 9.59 Å². The minimum Gasteiger partial charge on any atom is -0.459 e. The van der Waals surface area contributed by atoms with Gasteiger partial charge in [-0.15, -0.1) is 0 Å². The zero-order valence-corrected chi connectivity index (χ0v) is 25.6. The van der Waals surface area contributed by atoms with Gasteiger partial charge >= 0.3 is 11.9 Å². The van der Waals surface area contributed by atoms with Gasteiger partial charge in [-0.25, -0.2) is 9.59 Å². The molecule has 4 rings (SSSR count). The van der Waals surface area contributed by atoms with Crippen LogP contribution in [0.25, 0.3) is 0 Å². The molecule has 2 atom stereocenters. The number of hydrogen-bond acceptors (Lipinski definition) is 5. The molecule has 0 N–H and O–H groups in total. The van der Waals surface area contributed by atoms with Gasteiger partial charge in [0.2, 0.25) is 0 Å². The Hall–Kier alpha value is -4.38. The smallest absolute Gasteiger partial charge is 0.343 e. The van der Waals surface area contributed by atoms with Crippen molar-refractivity contribution in [1.82, 2.24) is 0 Å². The van der Waals surface area contributed by atoms with Crippen molar-refractivity contribution in [2.45, 2.75) is 72.8 Å². The largest absolute Gasteiger partial charge is 0.459 e. The third-order valence-electron chi connectivity index (χ3n) is 7.62. The first kappa shape index (κ1) is 30.6. The third kappa shape index (κ3) is 7.47. The molecule has 0 spiro atoms. The Kier molecular flexibility index (Phi) is 9.84. The van der Waals surface area contributed by atoms with E-state index in [4.69, 9.17) is 14.2 Å². The molecule has 42 heavy (non-hydrogen) atoms. The highest BCUT2D eigenvalue weighted by atomic mass is 16.5. The molecule has 4 aromatic rings. The predicted octanol–water partition coefficient (Wildman–Crippen LogP) is 9.55. The molecule has 0 bridgehead atoms. The summed E-state index contributed by atoms with van der Waals surface area (Å²) in [7, 11) is 0. The van der Waals surface area contributed by atoms with Gasteiger partial charge in [0.25, 0.3) is 0 Å². The summed E-state index contributed by atoms with van der Waals surface area (Å²) in [6, 6.07) is 26.2. The van der Waals surface area contributed by atoms with Crippen molar-refractivity contribution >= 4 is 11.9 Å². The van der Waals surface area contributed by atoms with Gasteiger partial charge in [0.15, 0.2) is 0 Å². The molecule has 0 aliphatic carbocycles. The van der Waals surface area contributed by atoms with E-state index >= 15 is 0 Å². The Morgan fingerprint density at radius 3 is 1.69 bits per heavy atom. The molecular weight excluding hydrogens is 524 g/mol. The van der Waals surface area contributed by atoms with Crippen molar-refractivity contribution in [2.75, 3.05) is 0 Å². The van der Waals surface area contributed by atoms with Gasteiger partial charge in [-0.3, -0.25) is 0 Å². The first-order valence-electron chi connectivity index (χ1n) is 14.6. The predicted molar refractivity (Wildman–Crippen MR) is 167 cm³/mol. The molecule has 0 aliphatic rings. The lowest BCUT2D eigenvalue weighted by Crippen LogP contribution is -2.13. The van der Waals surface area contributed by atoms with E-state index in [-0.39, 0.29) is 18.0 Å². The molecule has 0 amide bonds. The average molecular weight is 565 g/mol. The number of rotatable bonds is 10. The first-order valence-corrected chi connectivity index (χ1v) is 14.6. The van der Waals surface area contributed by atoms with Crippen molar-refractivity contribution < 1.29 is 23.8 Å². The normalized spacial score (nSPS) is 12.5. The van der Waals surface area contributed by atoms with Crippen molar-refractivity contribution in [3.8, 4) is 17.2 Å². The number of hydrogen-bond donors (Lipinski definition) is 0. The molecule has 4 aromatic carbocycles. The average Bonchev–Trinajstić information content (AvgIpc) is 2.98. The van der Waals surface area contributed by atoms with Crippen molar-refractivity contribution in [2.24, 2.45) is 0 Å². The minimum absolute atomic E-state index is 0.131. The second kappa shape index (κ2) is 13.5. The Labute approximate surface area is 249 Å². The summed E-state index contributed by atoms with van der Waals surface area (Å²) in [4.78, 5) is 25.1. The number of carbonyl (C=O) groups is 2. The molecule has 218 valence electrons. The molecule has 0 aliphatic heterocycles. The molecule has 0 fully saturated rings. The Bertz CT molecular complexity index is 1530.